The van der Waals surface area contributed by atoms with Crippen molar-refractivity contribution in [2.75, 3.05) is 12.1 Å². The van der Waals surface area contributed by atoms with Crippen LogP contribution in [0.4, 0.5) is 5.13 Å². The molecule has 0 amide bonds. The number of ether oxygens (including phenoxy) is 1. The molecular formula is C28H20BrN3O4S. The van der Waals surface area contributed by atoms with Crippen molar-refractivity contribution in [1.82, 2.24) is 4.98 Å². The van der Waals surface area contributed by atoms with E-state index < -0.39 is 5.63 Å². The molecule has 5 aromatic rings. The number of nitrogens with zero attached hydrogens (tertiary/aromatic N) is 3. The third-order valence-electron chi connectivity index (χ3n) is 6.28. The maximum atomic E-state index is 12.9. The van der Waals surface area contributed by atoms with Crippen LogP contribution in [0.25, 0.3) is 22.2 Å². The lowest BCUT2D eigenvalue weighted by atomic mass is 9.98. The number of para-hydroxylation sites is 1. The average molecular weight is 574 g/mol. The van der Waals surface area contributed by atoms with E-state index >= 15 is 0 Å². The third kappa shape index (κ3) is 4.41. The fourth-order valence-corrected chi connectivity index (χ4v) is 5.51. The van der Waals surface area contributed by atoms with Gasteiger partial charge in [-0.3, -0.25) is 0 Å². The van der Waals surface area contributed by atoms with E-state index in [9.17, 15) is 9.90 Å². The fourth-order valence-electron chi connectivity index (χ4n) is 4.41. The minimum absolute atomic E-state index is 0.0355. The van der Waals surface area contributed by atoms with Gasteiger partial charge < -0.3 is 14.3 Å². The first-order chi connectivity index (χ1) is 18.0. The Morgan fingerprint density at radius 1 is 1.11 bits per heavy atom. The Hall–Kier alpha value is -3.95. The highest BCUT2D eigenvalue weighted by Gasteiger charge is 2.33. The molecule has 2 aromatic heterocycles. The van der Waals surface area contributed by atoms with Gasteiger partial charge in [0.1, 0.15) is 5.58 Å². The molecule has 1 atom stereocenters. The monoisotopic (exact) mass is 573 g/mol. The minimum Gasteiger partial charge on any atom is -0.504 e. The number of anilines is 1. The van der Waals surface area contributed by atoms with E-state index in [0.29, 0.717) is 34.2 Å². The highest BCUT2D eigenvalue weighted by Crippen LogP contribution is 2.41. The van der Waals surface area contributed by atoms with Crippen molar-refractivity contribution in [3.63, 3.8) is 0 Å². The second-order valence-corrected chi connectivity index (χ2v) is 10.3. The van der Waals surface area contributed by atoms with Gasteiger partial charge in [0.2, 0.25) is 5.13 Å². The molecule has 184 valence electrons. The number of halogens is 1. The number of thiazole rings is 1. The van der Waals surface area contributed by atoms with Gasteiger partial charge in [0.15, 0.2) is 11.5 Å². The normalized spacial score (nSPS) is 15.2. The third-order valence-corrected chi connectivity index (χ3v) is 7.64. The van der Waals surface area contributed by atoms with E-state index in [1.807, 2.05) is 65.0 Å². The number of rotatable bonds is 5. The van der Waals surface area contributed by atoms with Crippen molar-refractivity contribution >= 4 is 49.1 Å². The quantitative estimate of drug-likeness (QED) is 0.234. The van der Waals surface area contributed by atoms with Crippen LogP contribution in [0.5, 0.6) is 11.5 Å². The molecular weight excluding hydrogens is 554 g/mol. The molecule has 3 heterocycles. The molecule has 1 unspecified atom stereocenters. The lowest BCUT2D eigenvalue weighted by Crippen LogP contribution is -2.18. The largest absolute Gasteiger partial charge is 0.504 e. The van der Waals surface area contributed by atoms with E-state index in [0.717, 1.165) is 26.7 Å². The summed E-state index contributed by atoms with van der Waals surface area (Å²) in [5, 5.41) is 20.6. The van der Waals surface area contributed by atoms with Crippen LogP contribution in [0.3, 0.4) is 0 Å². The summed E-state index contributed by atoms with van der Waals surface area (Å²) in [6.07, 6.45) is 0.433. The zero-order valence-corrected chi connectivity index (χ0v) is 22.0. The van der Waals surface area contributed by atoms with Gasteiger partial charge >= 0.3 is 5.63 Å². The predicted octanol–water partition coefficient (Wildman–Crippen LogP) is 6.75. The van der Waals surface area contributed by atoms with Crippen LogP contribution in [-0.4, -0.2) is 22.9 Å². The van der Waals surface area contributed by atoms with Gasteiger partial charge in [-0.15, -0.1) is 11.3 Å². The van der Waals surface area contributed by atoms with E-state index in [1.165, 1.54) is 18.4 Å². The molecule has 9 heteroatoms. The Morgan fingerprint density at radius 3 is 2.70 bits per heavy atom. The summed E-state index contributed by atoms with van der Waals surface area (Å²) < 4.78 is 11.8. The lowest BCUT2D eigenvalue weighted by Gasteiger charge is -2.21. The Balaban J connectivity index is 1.44. The summed E-state index contributed by atoms with van der Waals surface area (Å²) in [4.78, 5) is 17.8. The molecule has 1 aliphatic heterocycles. The molecule has 6 rings (SSSR count). The second-order valence-electron chi connectivity index (χ2n) is 8.55. The molecule has 1 aliphatic rings. The Bertz CT molecular complexity index is 1710. The number of phenolic OH excluding ortho intramolecular Hbond substituents is 1. The second kappa shape index (κ2) is 9.49. The topological polar surface area (TPSA) is 88.2 Å². The Labute approximate surface area is 224 Å². The summed E-state index contributed by atoms with van der Waals surface area (Å²) in [6, 6.07) is 22.2. The molecule has 0 saturated carbocycles. The van der Waals surface area contributed by atoms with Crippen LogP contribution in [0.15, 0.2) is 97.0 Å². The lowest BCUT2D eigenvalue weighted by molar-refractivity contribution is 0.372. The molecule has 7 nitrogen and oxygen atoms in total. The molecule has 1 N–H and O–H groups in total. The van der Waals surface area contributed by atoms with Gasteiger partial charge in [-0.05, 0) is 42.0 Å². The molecule has 0 fully saturated rings. The van der Waals surface area contributed by atoms with Crippen molar-refractivity contribution in [2.45, 2.75) is 12.5 Å². The van der Waals surface area contributed by atoms with E-state index in [2.05, 4.69) is 15.9 Å². The van der Waals surface area contributed by atoms with E-state index in [4.69, 9.17) is 19.2 Å². The van der Waals surface area contributed by atoms with Crippen LogP contribution in [0.1, 0.15) is 23.6 Å². The van der Waals surface area contributed by atoms with Crippen molar-refractivity contribution < 1.29 is 14.3 Å². The number of fused-ring (bicyclic) bond motifs is 1. The first-order valence-corrected chi connectivity index (χ1v) is 13.2. The predicted molar refractivity (Wildman–Crippen MR) is 149 cm³/mol. The molecule has 0 saturated heterocycles. The Morgan fingerprint density at radius 2 is 1.92 bits per heavy atom. The number of aromatic nitrogens is 1. The summed E-state index contributed by atoms with van der Waals surface area (Å²) in [5.74, 6) is 0.421. The van der Waals surface area contributed by atoms with Crippen molar-refractivity contribution in [3.05, 3.63) is 104 Å². The summed E-state index contributed by atoms with van der Waals surface area (Å²) in [7, 11) is 1.51. The van der Waals surface area contributed by atoms with E-state index in [-0.39, 0.29) is 11.8 Å². The van der Waals surface area contributed by atoms with Crippen LogP contribution >= 0.6 is 27.3 Å². The van der Waals surface area contributed by atoms with Gasteiger partial charge in [0, 0.05) is 27.2 Å². The minimum atomic E-state index is -0.440. The number of benzene rings is 3. The average Bonchev–Trinajstić information content (AvgIpc) is 3.56. The van der Waals surface area contributed by atoms with Crippen LogP contribution in [0.2, 0.25) is 0 Å². The van der Waals surface area contributed by atoms with Crippen LogP contribution < -0.4 is 15.4 Å². The van der Waals surface area contributed by atoms with Crippen molar-refractivity contribution in [3.8, 4) is 22.8 Å². The molecule has 0 aliphatic carbocycles. The zero-order chi connectivity index (χ0) is 25.5. The number of methoxy groups -OCH3 is 1. The van der Waals surface area contributed by atoms with Gasteiger partial charge in [0.25, 0.3) is 0 Å². The first kappa shape index (κ1) is 23.4. The standard InChI is InChI=1S/C28H20BrN3O4S/c1-35-26-11-8-17(13-24(26)33)23-14-21(20-12-18-4-2-3-5-25(18)36-27(20)34)31-32(23)28-30-22(15-37-28)16-6-9-19(29)10-7-16/h2-13,15,23,33H,14H2,1H3. The smallest absolute Gasteiger partial charge is 0.345 e. The first-order valence-electron chi connectivity index (χ1n) is 11.5. The number of phenols is 1. The maximum Gasteiger partial charge on any atom is 0.345 e. The van der Waals surface area contributed by atoms with Gasteiger partial charge in [-0.25, -0.2) is 14.8 Å². The molecule has 3 aromatic carbocycles. The summed E-state index contributed by atoms with van der Waals surface area (Å²) in [6.45, 7) is 0. The number of aromatic hydroxyl groups is 1. The summed E-state index contributed by atoms with van der Waals surface area (Å²) >= 11 is 4.94. The van der Waals surface area contributed by atoms with Gasteiger partial charge in [0.05, 0.1) is 30.1 Å². The van der Waals surface area contributed by atoms with Crippen LogP contribution in [0, 0.1) is 0 Å². The maximum absolute atomic E-state index is 12.9. The highest BCUT2D eigenvalue weighted by molar-refractivity contribution is 9.10. The SMILES string of the molecule is COc1ccc(C2CC(c3cc4ccccc4oc3=O)=NN2c2nc(-c3ccc(Br)cc3)cs2)cc1O. The highest BCUT2D eigenvalue weighted by atomic mass is 79.9. The van der Waals surface area contributed by atoms with Crippen molar-refractivity contribution in [1.29, 1.82) is 0 Å². The van der Waals surface area contributed by atoms with E-state index in [1.54, 1.807) is 18.2 Å². The Kier molecular flexibility index (Phi) is 6.02. The van der Waals surface area contributed by atoms with Crippen LogP contribution in [-0.2, 0) is 0 Å². The zero-order valence-electron chi connectivity index (χ0n) is 19.6. The van der Waals surface area contributed by atoms with Gasteiger partial charge in [-0.1, -0.05) is 52.3 Å². The van der Waals surface area contributed by atoms with Crippen molar-refractivity contribution in [2.24, 2.45) is 5.10 Å². The fraction of sp³-hybridized carbons (Fsp3) is 0.107. The number of hydrazone groups is 1. The molecule has 0 spiro atoms. The number of hydrogen-bond acceptors (Lipinski definition) is 8. The molecule has 37 heavy (non-hydrogen) atoms. The molecule has 0 bridgehead atoms. The molecule has 0 radical (unpaired) electrons. The number of hydrogen-bond donors (Lipinski definition) is 1. The van der Waals surface area contributed by atoms with Gasteiger partial charge in [-0.2, -0.15) is 5.10 Å². The summed E-state index contributed by atoms with van der Waals surface area (Å²) in [5.41, 5.74) is 3.74.